The topological polar surface area (TPSA) is 43.8 Å². The Kier molecular flexibility index (Phi) is 3.96. The zero-order valence-corrected chi connectivity index (χ0v) is 9.75. The molecule has 1 rings (SSSR count). The van der Waals surface area contributed by atoms with Gasteiger partial charge in [0.05, 0.1) is 23.0 Å². The Labute approximate surface area is 90.2 Å². The van der Waals surface area contributed by atoms with Crippen molar-refractivity contribution < 1.29 is 0 Å². The molecule has 0 aliphatic heterocycles. The predicted molar refractivity (Wildman–Crippen MR) is 59.2 cm³/mol. The van der Waals surface area contributed by atoms with Crippen molar-refractivity contribution in [2.75, 3.05) is 0 Å². The van der Waals surface area contributed by atoms with Gasteiger partial charge in [-0.15, -0.1) is 0 Å². The van der Waals surface area contributed by atoms with E-state index < -0.39 is 0 Å². The van der Waals surface area contributed by atoms with E-state index in [0.717, 1.165) is 18.5 Å². The van der Waals surface area contributed by atoms with Gasteiger partial charge in [0, 0.05) is 7.05 Å². The summed E-state index contributed by atoms with van der Waals surface area (Å²) in [5.74, 6) is 0.438. The third-order valence-corrected chi connectivity index (χ3v) is 2.90. The summed E-state index contributed by atoms with van der Waals surface area (Å²) < 4.78 is 1.76. The summed E-state index contributed by atoms with van der Waals surface area (Å²) in [6.45, 7) is 4.31. The molecule has 2 N–H and O–H groups in total. The highest BCUT2D eigenvalue weighted by atomic mass is 35.5. The highest BCUT2D eigenvalue weighted by Gasteiger charge is 2.20. The third kappa shape index (κ3) is 2.28. The molecule has 1 aromatic heterocycles. The fourth-order valence-corrected chi connectivity index (χ4v) is 1.99. The number of aromatic nitrogens is 2. The van der Waals surface area contributed by atoms with Gasteiger partial charge in [0.25, 0.3) is 0 Å². The van der Waals surface area contributed by atoms with Crippen LogP contribution in [0.3, 0.4) is 0 Å². The second-order valence-corrected chi connectivity index (χ2v) is 4.20. The lowest BCUT2D eigenvalue weighted by molar-refractivity contribution is 0.414. The van der Waals surface area contributed by atoms with Crippen LogP contribution < -0.4 is 5.73 Å². The van der Waals surface area contributed by atoms with Crippen molar-refractivity contribution in [3.63, 3.8) is 0 Å². The van der Waals surface area contributed by atoms with Crippen LogP contribution in [0.2, 0.25) is 5.02 Å². The van der Waals surface area contributed by atoms with Crippen molar-refractivity contribution in [3.05, 3.63) is 16.9 Å². The second-order valence-electron chi connectivity index (χ2n) is 3.79. The first kappa shape index (κ1) is 11.5. The largest absolute Gasteiger partial charge is 0.322 e. The van der Waals surface area contributed by atoms with E-state index in [-0.39, 0.29) is 6.04 Å². The first-order valence-corrected chi connectivity index (χ1v) is 5.38. The van der Waals surface area contributed by atoms with Crippen molar-refractivity contribution in [1.82, 2.24) is 9.78 Å². The van der Waals surface area contributed by atoms with Crippen molar-refractivity contribution >= 4 is 11.6 Å². The maximum atomic E-state index is 6.13. The second kappa shape index (κ2) is 4.80. The quantitative estimate of drug-likeness (QED) is 0.839. The summed E-state index contributed by atoms with van der Waals surface area (Å²) in [6.07, 6.45) is 3.91. The van der Waals surface area contributed by atoms with E-state index in [0.29, 0.717) is 10.9 Å². The Morgan fingerprint density at radius 2 is 2.29 bits per heavy atom. The molecule has 0 amide bonds. The molecule has 0 aliphatic rings. The average molecular weight is 216 g/mol. The molecule has 3 nitrogen and oxygen atoms in total. The fourth-order valence-electron chi connectivity index (χ4n) is 1.70. The number of hydrogen-bond donors (Lipinski definition) is 1. The molecule has 1 aromatic rings. The number of nitrogens with zero attached hydrogens (tertiary/aromatic N) is 2. The van der Waals surface area contributed by atoms with Gasteiger partial charge in [0.15, 0.2) is 0 Å². The Morgan fingerprint density at radius 3 is 2.71 bits per heavy atom. The normalized spacial score (nSPS) is 15.5. The van der Waals surface area contributed by atoms with Gasteiger partial charge in [-0.2, -0.15) is 5.10 Å². The number of rotatable bonds is 4. The molecule has 1 heterocycles. The van der Waals surface area contributed by atoms with Crippen LogP contribution in [0.25, 0.3) is 0 Å². The molecule has 4 heteroatoms. The van der Waals surface area contributed by atoms with Crippen LogP contribution in [0.15, 0.2) is 6.20 Å². The van der Waals surface area contributed by atoms with E-state index in [1.54, 1.807) is 10.9 Å². The molecule has 0 aliphatic carbocycles. The first-order chi connectivity index (χ1) is 6.57. The molecule has 2 atom stereocenters. The zero-order valence-electron chi connectivity index (χ0n) is 9.00. The molecule has 0 saturated heterocycles. The van der Waals surface area contributed by atoms with Gasteiger partial charge in [-0.3, -0.25) is 4.68 Å². The van der Waals surface area contributed by atoms with Gasteiger partial charge >= 0.3 is 0 Å². The van der Waals surface area contributed by atoms with Crippen LogP contribution in [-0.4, -0.2) is 9.78 Å². The maximum Gasteiger partial charge on any atom is 0.0834 e. The van der Waals surface area contributed by atoms with E-state index in [1.807, 2.05) is 7.05 Å². The molecule has 0 aromatic carbocycles. The zero-order chi connectivity index (χ0) is 10.7. The van der Waals surface area contributed by atoms with E-state index in [4.69, 9.17) is 17.3 Å². The Bertz CT molecular complexity index is 276. The lowest BCUT2D eigenvalue weighted by Crippen LogP contribution is -2.22. The summed E-state index contributed by atoms with van der Waals surface area (Å²) in [4.78, 5) is 0. The molecular formula is C10H18ClN3. The average Bonchev–Trinajstić information content (AvgIpc) is 2.46. The summed E-state index contributed by atoms with van der Waals surface area (Å²) in [5, 5.41) is 4.75. The molecule has 0 radical (unpaired) electrons. The predicted octanol–water partition coefficient (Wildman–Crippen LogP) is 2.51. The summed E-state index contributed by atoms with van der Waals surface area (Å²) >= 11 is 6.02. The molecule has 80 valence electrons. The molecule has 0 saturated carbocycles. The van der Waals surface area contributed by atoms with E-state index in [2.05, 4.69) is 18.9 Å². The summed E-state index contributed by atoms with van der Waals surface area (Å²) in [7, 11) is 1.87. The maximum absolute atomic E-state index is 6.13. The summed E-state index contributed by atoms with van der Waals surface area (Å²) in [5.41, 5.74) is 7.06. The van der Waals surface area contributed by atoms with Gasteiger partial charge in [0.2, 0.25) is 0 Å². The van der Waals surface area contributed by atoms with Gasteiger partial charge in [-0.25, -0.2) is 0 Å². The SMILES string of the molecule is CCCC(C)C(N)c1c(Cl)cnn1C. The van der Waals surface area contributed by atoms with E-state index >= 15 is 0 Å². The fraction of sp³-hybridized carbons (Fsp3) is 0.700. The number of nitrogens with two attached hydrogens (primary N) is 1. The number of hydrogen-bond acceptors (Lipinski definition) is 2. The van der Waals surface area contributed by atoms with Crippen molar-refractivity contribution in [3.8, 4) is 0 Å². The molecular weight excluding hydrogens is 198 g/mol. The van der Waals surface area contributed by atoms with Gasteiger partial charge in [-0.1, -0.05) is 31.9 Å². The smallest absolute Gasteiger partial charge is 0.0834 e. The molecule has 2 unspecified atom stereocenters. The van der Waals surface area contributed by atoms with Crippen LogP contribution in [-0.2, 0) is 7.05 Å². The minimum absolute atomic E-state index is 0.0186. The van der Waals surface area contributed by atoms with Crippen LogP contribution >= 0.6 is 11.6 Å². The van der Waals surface area contributed by atoms with Gasteiger partial charge in [-0.05, 0) is 12.3 Å². The van der Waals surface area contributed by atoms with Crippen molar-refractivity contribution in [1.29, 1.82) is 0 Å². The molecule has 0 spiro atoms. The number of aryl methyl sites for hydroxylation is 1. The number of halogens is 1. The minimum Gasteiger partial charge on any atom is -0.322 e. The standard InChI is InChI=1S/C10H18ClN3/c1-4-5-7(2)9(12)10-8(11)6-13-14(10)3/h6-7,9H,4-5,12H2,1-3H3. The van der Waals surface area contributed by atoms with Crippen molar-refractivity contribution in [2.45, 2.75) is 32.7 Å². The van der Waals surface area contributed by atoms with E-state index in [9.17, 15) is 0 Å². The summed E-state index contributed by atoms with van der Waals surface area (Å²) in [6, 6.07) is -0.0186. The molecule has 14 heavy (non-hydrogen) atoms. The van der Waals surface area contributed by atoms with Crippen LogP contribution in [0, 0.1) is 5.92 Å². The van der Waals surface area contributed by atoms with Crippen LogP contribution in [0.4, 0.5) is 0 Å². The van der Waals surface area contributed by atoms with Gasteiger partial charge < -0.3 is 5.73 Å². The minimum atomic E-state index is -0.0186. The van der Waals surface area contributed by atoms with Gasteiger partial charge in [0.1, 0.15) is 0 Å². The van der Waals surface area contributed by atoms with Crippen molar-refractivity contribution in [2.24, 2.45) is 18.7 Å². The monoisotopic (exact) mass is 215 g/mol. The Hall–Kier alpha value is -0.540. The molecule has 0 fully saturated rings. The highest BCUT2D eigenvalue weighted by Crippen LogP contribution is 2.27. The first-order valence-electron chi connectivity index (χ1n) is 5.00. The van der Waals surface area contributed by atoms with Crippen LogP contribution in [0.1, 0.15) is 38.4 Å². The third-order valence-electron chi connectivity index (χ3n) is 2.61. The Balaban J connectivity index is 2.82. The lowest BCUT2D eigenvalue weighted by Gasteiger charge is -2.19. The lowest BCUT2D eigenvalue weighted by atomic mass is 9.95. The molecule has 0 bridgehead atoms. The van der Waals surface area contributed by atoms with E-state index in [1.165, 1.54) is 0 Å². The Morgan fingerprint density at radius 1 is 1.64 bits per heavy atom. The highest BCUT2D eigenvalue weighted by molar-refractivity contribution is 6.31. The van der Waals surface area contributed by atoms with Crippen LogP contribution in [0.5, 0.6) is 0 Å².